The van der Waals surface area contributed by atoms with E-state index in [1.807, 2.05) is 6.92 Å². The van der Waals surface area contributed by atoms with Crippen LogP contribution in [0, 0.1) is 0 Å². The summed E-state index contributed by atoms with van der Waals surface area (Å²) < 4.78 is 16.1. The van der Waals surface area contributed by atoms with Gasteiger partial charge in [-0.25, -0.2) is 9.59 Å². The Kier molecular flexibility index (Phi) is 8.29. The van der Waals surface area contributed by atoms with Crippen molar-refractivity contribution in [2.45, 2.75) is 70.7 Å². The lowest BCUT2D eigenvalue weighted by molar-refractivity contribution is -0.160. The largest absolute Gasteiger partial charge is 0.457 e. The predicted octanol–water partition coefficient (Wildman–Crippen LogP) is 3.96. The van der Waals surface area contributed by atoms with E-state index in [0.29, 0.717) is 31.2 Å². The molecule has 1 unspecified atom stereocenters. The van der Waals surface area contributed by atoms with Crippen LogP contribution in [-0.2, 0) is 19.0 Å². The Labute approximate surface area is 165 Å². The molecule has 0 bridgehead atoms. The van der Waals surface area contributed by atoms with E-state index in [2.05, 4.69) is 5.32 Å². The number of alkyl carbamates (subject to hydrolysis) is 1. The SMILES string of the molecule is CCCC(OC(=O)NCC1(OC(C)=O)CCCCC1)OC(=O)c1ccccc1. The lowest BCUT2D eigenvalue weighted by Gasteiger charge is -2.36. The van der Waals surface area contributed by atoms with Crippen molar-refractivity contribution >= 4 is 18.0 Å². The van der Waals surface area contributed by atoms with Gasteiger partial charge in [0.25, 0.3) is 0 Å². The molecule has 1 N–H and O–H groups in total. The Bertz CT molecular complexity index is 654. The van der Waals surface area contributed by atoms with E-state index >= 15 is 0 Å². The Morgan fingerprint density at radius 3 is 2.36 bits per heavy atom. The molecule has 0 saturated heterocycles. The second-order valence-electron chi connectivity index (χ2n) is 7.09. The number of hydrogen-bond donors (Lipinski definition) is 1. The highest BCUT2D eigenvalue weighted by atomic mass is 16.7. The number of rotatable bonds is 8. The molecule has 0 heterocycles. The van der Waals surface area contributed by atoms with Gasteiger partial charge in [0.05, 0.1) is 12.1 Å². The quantitative estimate of drug-likeness (QED) is 0.533. The van der Waals surface area contributed by atoms with Gasteiger partial charge in [0.1, 0.15) is 5.60 Å². The summed E-state index contributed by atoms with van der Waals surface area (Å²) in [6.07, 6.45) is 3.77. The minimum Gasteiger partial charge on any atom is -0.457 e. The van der Waals surface area contributed by atoms with E-state index in [-0.39, 0.29) is 12.5 Å². The first-order valence-electron chi connectivity index (χ1n) is 9.84. The number of carbonyl (C=O) groups is 3. The van der Waals surface area contributed by atoms with E-state index in [0.717, 1.165) is 19.3 Å². The third-order valence-corrected chi connectivity index (χ3v) is 4.69. The lowest BCUT2D eigenvalue weighted by atomic mass is 9.84. The van der Waals surface area contributed by atoms with Gasteiger partial charge in [-0.3, -0.25) is 4.79 Å². The average Bonchev–Trinajstić information content (AvgIpc) is 2.67. The van der Waals surface area contributed by atoms with Gasteiger partial charge >= 0.3 is 18.0 Å². The highest BCUT2D eigenvalue weighted by molar-refractivity contribution is 5.89. The van der Waals surface area contributed by atoms with Gasteiger partial charge < -0.3 is 19.5 Å². The van der Waals surface area contributed by atoms with Crippen LogP contribution in [0.25, 0.3) is 0 Å². The van der Waals surface area contributed by atoms with Crippen LogP contribution >= 0.6 is 0 Å². The van der Waals surface area contributed by atoms with E-state index in [9.17, 15) is 14.4 Å². The average molecular weight is 391 g/mol. The Balaban J connectivity index is 1.90. The molecular weight excluding hydrogens is 362 g/mol. The zero-order valence-electron chi connectivity index (χ0n) is 16.6. The summed E-state index contributed by atoms with van der Waals surface area (Å²) in [5.74, 6) is -0.909. The van der Waals surface area contributed by atoms with Gasteiger partial charge in [-0.05, 0) is 44.2 Å². The predicted molar refractivity (Wildman–Crippen MR) is 103 cm³/mol. The number of esters is 2. The molecule has 1 aliphatic carbocycles. The second kappa shape index (κ2) is 10.7. The molecule has 1 fully saturated rings. The van der Waals surface area contributed by atoms with Gasteiger partial charge in [-0.1, -0.05) is 31.5 Å². The van der Waals surface area contributed by atoms with Crippen LogP contribution in [0.15, 0.2) is 30.3 Å². The van der Waals surface area contributed by atoms with Crippen LogP contribution < -0.4 is 5.32 Å². The molecule has 7 heteroatoms. The summed E-state index contributed by atoms with van der Waals surface area (Å²) in [5.41, 5.74) is -0.298. The van der Waals surface area contributed by atoms with E-state index in [1.165, 1.54) is 6.92 Å². The molecule has 1 amide bonds. The summed E-state index contributed by atoms with van der Waals surface area (Å²) in [4.78, 5) is 35.9. The smallest absolute Gasteiger partial charge is 0.410 e. The first kappa shape index (κ1) is 21.7. The van der Waals surface area contributed by atoms with Crippen LogP contribution in [0.2, 0.25) is 0 Å². The molecule has 28 heavy (non-hydrogen) atoms. The fourth-order valence-electron chi connectivity index (χ4n) is 3.35. The molecular formula is C21H29NO6. The standard InChI is InChI=1S/C21H29NO6/c1-3-10-18(26-19(24)17-11-6-4-7-12-17)27-20(25)22-15-21(28-16(2)23)13-8-5-9-14-21/h4,6-7,11-12,18H,3,5,8-10,13-15H2,1-2H3,(H,22,25). The normalized spacial score (nSPS) is 16.5. The van der Waals surface area contributed by atoms with Crippen LogP contribution in [0.5, 0.6) is 0 Å². The third kappa shape index (κ3) is 6.87. The zero-order valence-corrected chi connectivity index (χ0v) is 16.6. The van der Waals surface area contributed by atoms with Crippen molar-refractivity contribution in [1.29, 1.82) is 0 Å². The van der Waals surface area contributed by atoms with E-state index < -0.39 is 24.0 Å². The highest BCUT2D eigenvalue weighted by Gasteiger charge is 2.36. The molecule has 1 atom stereocenters. The monoisotopic (exact) mass is 391 g/mol. The number of hydrogen-bond acceptors (Lipinski definition) is 6. The van der Waals surface area contributed by atoms with Crippen LogP contribution in [0.4, 0.5) is 4.79 Å². The van der Waals surface area contributed by atoms with Gasteiger partial charge in [0, 0.05) is 13.3 Å². The number of carbonyl (C=O) groups excluding carboxylic acids is 3. The summed E-state index contributed by atoms with van der Waals surface area (Å²) >= 11 is 0. The minimum atomic E-state index is -0.978. The maximum Gasteiger partial charge on any atom is 0.410 e. The molecule has 2 rings (SSSR count). The first-order valence-corrected chi connectivity index (χ1v) is 9.84. The summed E-state index contributed by atoms with van der Waals surface area (Å²) in [7, 11) is 0. The zero-order chi connectivity index (χ0) is 20.4. The molecule has 1 aliphatic rings. The number of benzene rings is 1. The topological polar surface area (TPSA) is 90.9 Å². The van der Waals surface area contributed by atoms with Crippen LogP contribution in [0.3, 0.4) is 0 Å². The van der Waals surface area contributed by atoms with Crippen LogP contribution in [0.1, 0.15) is 69.2 Å². The molecule has 0 spiro atoms. The molecule has 0 radical (unpaired) electrons. The molecule has 0 aromatic heterocycles. The van der Waals surface area contributed by atoms with Gasteiger partial charge in [-0.15, -0.1) is 0 Å². The third-order valence-electron chi connectivity index (χ3n) is 4.69. The van der Waals surface area contributed by atoms with Crippen molar-refractivity contribution in [2.24, 2.45) is 0 Å². The van der Waals surface area contributed by atoms with Crippen molar-refractivity contribution in [3.8, 4) is 0 Å². The summed E-state index contributed by atoms with van der Waals surface area (Å²) in [6.45, 7) is 3.45. The fourth-order valence-corrected chi connectivity index (χ4v) is 3.35. The maximum atomic E-state index is 12.3. The summed E-state index contributed by atoms with van der Waals surface area (Å²) in [6, 6.07) is 8.54. The molecule has 1 aromatic carbocycles. The van der Waals surface area contributed by atoms with Gasteiger partial charge in [0.15, 0.2) is 0 Å². The molecule has 7 nitrogen and oxygen atoms in total. The second-order valence-corrected chi connectivity index (χ2v) is 7.09. The first-order chi connectivity index (χ1) is 13.4. The fraction of sp³-hybridized carbons (Fsp3) is 0.571. The van der Waals surface area contributed by atoms with Crippen molar-refractivity contribution < 1.29 is 28.6 Å². The minimum absolute atomic E-state index is 0.177. The number of nitrogens with one attached hydrogen (secondary N) is 1. The molecule has 0 aliphatic heterocycles. The molecule has 154 valence electrons. The molecule has 1 saturated carbocycles. The Morgan fingerprint density at radius 2 is 1.75 bits per heavy atom. The van der Waals surface area contributed by atoms with Crippen molar-refractivity contribution in [3.05, 3.63) is 35.9 Å². The Morgan fingerprint density at radius 1 is 1.07 bits per heavy atom. The Hall–Kier alpha value is -2.57. The highest BCUT2D eigenvalue weighted by Crippen LogP contribution is 2.31. The number of ether oxygens (including phenoxy) is 3. The maximum absolute atomic E-state index is 12.3. The van der Waals surface area contributed by atoms with Gasteiger partial charge in [0.2, 0.25) is 6.29 Å². The van der Waals surface area contributed by atoms with Crippen molar-refractivity contribution in [3.63, 3.8) is 0 Å². The number of amides is 1. The van der Waals surface area contributed by atoms with Gasteiger partial charge in [-0.2, -0.15) is 0 Å². The molecule has 1 aromatic rings. The van der Waals surface area contributed by atoms with Crippen molar-refractivity contribution in [2.75, 3.05) is 6.54 Å². The van der Waals surface area contributed by atoms with E-state index in [4.69, 9.17) is 14.2 Å². The van der Waals surface area contributed by atoms with E-state index in [1.54, 1.807) is 30.3 Å². The van der Waals surface area contributed by atoms with Crippen LogP contribution in [-0.4, -0.2) is 36.5 Å². The summed E-state index contributed by atoms with van der Waals surface area (Å²) in [5, 5.41) is 2.67. The lowest BCUT2D eigenvalue weighted by Crippen LogP contribution is -2.48. The van der Waals surface area contributed by atoms with Crippen molar-refractivity contribution in [1.82, 2.24) is 5.32 Å².